The molecular formula is C12H12N2O3. The lowest BCUT2D eigenvalue weighted by Gasteiger charge is -2.17. The van der Waals surface area contributed by atoms with Crippen molar-refractivity contribution in [1.29, 1.82) is 0 Å². The van der Waals surface area contributed by atoms with Crippen molar-refractivity contribution in [2.24, 2.45) is 0 Å². The van der Waals surface area contributed by atoms with E-state index in [2.05, 4.69) is 4.98 Å². The van der Waals surface area contributed by atoms with Crippen molar-refractivity contribution in [1.82, 2.24) is 9.88 Å². The summed E-state index contributed by atoms with van der Waals surface area (Å²) in [6.07, 6.45) is 3.41. The highest BCUT2D eigenvalue weighted by molar-refractivity contribution is 6.20. The molecule has 2 aliphatic heterocycles. The number of rotatable bonds is 2. The van der Waals surface area contributed by atoms with Crippen molar-refractivity contribution in [3.05, 3.63) is 29.6 Å². The second-order valence-corrected chi connectivity index (χ2v) is 4.26. The van der Waals surface area contributed by atoms with E-state index in [4.69, 9.17) is 4.74 Å². The Morgan fingerprint density at radius 3 is 3.00 bits per heavy atom. The van der Waals surface area contributed by atoms with Crippen molar-refractivity contribution >= 4 is 11.8 Å². The Morgan fingerprint density at radius 2 is 2.29 bits per heavy atom. The first-order valence-corrected chi connectivity index (χ1v) is 5.70. The molecule has 5 nitrogen and oxygen atoms in total. The van der Waals surface area contributed by atoms with Gasteiger partial charge in [-0.05, 0) is 25.0 Å². The van der Waals surface area contributed by atoms with Crippen LogP contribution in [0.3, 0.4) is 0 Å². The molecule has 1 saturated heterocycles. The van der Waals surface area contributed by atoms with Crippen LogP contribution in [-0.4, -0.2) is 41.0 Å². The van der Waals surface area contributed by atoms with E-state index in [1.54, 1.807) is 12.1 Å². The van der Waals surface area contributed by atoms with Crippen molar-refractivity contribution in [2.45, 2.75) is 18.9 Å². The molecule has 17 heavy (non-hydrogen) atoms. The number of ether oxygens (including phenoxy) is 1. The molecule has 0 radical (unpaired) electrons. The predicted octanol–water partition coefficient (Wildman–Crippen LogP) is 0.857. The Balaban J connectivity index is 1.84. The third-order valence-corrected chi connectivity index (χ3v) is 3.14. The Kier molecular flexibility index (Phi) is 2.40. The number of aromatic nitrogens is 1. The first-order valence-electron chi connectivity index (χ1n) is 5.70. The largest absolute Gasteiger partial charge is 0.376 e. The fourth-order valence-electron chi connectivity index (χ4n) is 2.27. The smallest absolute Gasteiger partial charge is 0.280 e. The molecule has 0 bridgehead atoms. The first-order chi connectivity index (χ1) is 8.27. The number of carbonyl (C=O) groups excluding carboxylic acids is 2. The van der Waals surface area contributed by atoms with E-state index in [1.807, 2.05) is 0 Å². The van der Waals surface area contributed by atoms with Crippen molar-refractivity contribution in [2.75, 3.05) is 13.2 Å². The minimum absolute atomic E-state index is 0.0165. The number of amides is 2. The average Bonchev–Trinajstić information content (AvgIpc) is 2.94. The van der Waals surface area contributed by atoms with Crippen LogP contribution < -0.4 is 0 Å². The van der Waals surface area contributed by atoms with Crippen LogP contribution in [0.2, 0.25) is 0 Å². The number of nitrogens with zero attached hydrogens (tertiary/aromatic N) is 2. The van der Waals surface area contributed by atoms with Crippen molar-refractivity contribution in [3.63, 3.8) is 0 Å². The zero-order valence-electron chi connectivity index (χ0n) is 9.26. The molecular weight excluding hydrogens is 220 g/mol. The van der Waals surface area contributed by atoms with Gasteiger partial charge in [0.2, 0.25) is 0 Å². The van der Waals surface area contributed by atoms with Crippen LogP contribution in [0.5, 0.6) is 0 Å². The normalized spacial score (nSPS) is 23.3. The van der Waals surface area contributed by atoms with E-state index in [9.17, 15) is 9.59 Å². The number of carbonyl (C=O) groups is 2. The highest BCUT2D eigenvalue weighted by Crippen LogP contribution is 2.23. The molecule has 0 spiro atoms. The zero-order valence-corrected chi connectivity index (χ0v) is 9.26. The van der Waals surface area contributed by atoms with Gasteiger partial charge in [0, 0.05) is 12.8 Å². The maximum absolute atomic E-state index is 12.0. The molecule has 0 aliphatic carbocycles. The molecule has 2 aliphatic rings. The Bertz CT molecular complexity index is 445. The van der Waals surface area contributed by atoms with Gasteiger partial charge in [-0.2, -0.15) is 0 Å². The number of hydrogen-bond donors (Lipinski definition) is 0. The second-order valence-electron chi connectivity index (χ2n) is 4.26. The molecule has 0 saturated carbocycles. The summed E-state index contributed by atoms with van der Waals surface area (Å²) in [6, 6.07) is 3.30. The first kappa shape index (κ1) is 10.4. The lowest BCUT2D eigenvalue weighted by atomic mass is 10.2. The summed E-state index contributed by atoms with van der Waals surface area (Å²) in [4.78, 5) is 29.2. The summed E-state index contributed by atoms with van der Waals surface area (Å²) >= 11 is 0. The summed E-state index contributed by atoms with van der Waals surface area (Å²) in [5.74, 6) is -0.560. The van der Waals surface area contributed by atoms with Gasteiger partial charge < -0.3 is 4.74 Å². The fourth-order valence-corrected chi connectivity index (χ4v) is 2.27. The number of fused-ring (bicyclic) bond motifs is 1. The van der Waals surface area contributed by atoms with Gasteiger partial charge in [-0.3, -0.25) is 19.5 Å². The molecule has 3 rings (SSSR count). The maximum Gasteiger partial charge on any atom is 0.280 e. The van der Waals surface area contributed by atoms with Crippen LogP contribution in [0, 0.1) is 0 Å². The van der Waals surface area contributed by atoms with E-state index >= 15 is 0 Å². The monoisotopic (exact) mass is 232 g/mol. The molecule has 0 N–H and O–H groups in total. The van der Waals surface area contributed by atoms with E-state index in [0.717, 1.165) is 12.8 Å². The number of pyridine rings is 1. The summed E-state index contributed by atoms with van der Waals surface area (Å²) in [6.45, 7) is 1.06. The van der Waals surface area contributed by atoms with E-state index < -0.39 is 0 Å². The van der Waals surface area contributed by atoms with Crippen LogP contribution >= 0.6 is 0 Å². The standard InChI is InChI=1S/C12H12N2O3/c15-11-9-4-1-5-13-10(9)12(16)14(11)7-8-3-2-6-17-8/h1,4-5,8H,2-3,6-7H2. The highest BCUT2D eigenvalue weighted by Gasteiger charge is 2.38. The van der Waals surface area contributed by atoms with Gasteiger partial charge in [-0.15, -0.1) is 0 Å². The summed E-state index contributed by atoms with van der Waals surface area (Å²) in [5.41, 5.74) is 0.658. The number of hydrogen-bond acceptors (Lipinski definition) is 4. The average molecular weight is 232 g/mol. The van der Waals surface area contributed by atoms with Gasteiger partial charge in [0.05, 0.1) is 18.2 Å². The molecule has 5 heteroatoms. The fraction of sp³-hybridized carbons (Fsp3) is 0.417. The molecule has 1 atom stereocenters. The molecule has 88 valence electrons. The van der Waals surface area contributed by atoms with E-state index in [-0.39, 0.29) is 23.6 Å². The van der Waals surface area contributed by atoms with Crippen LogP contribution in [0.15, 0.2) is 18.3 Å². The van der Waals surface area contributed by atoms with Crippen LogP contribution in [0.4, 0.5) is 0 Å². The van der Waals surface area contributed by atoms with Crippen LogP contribution in [0.1, 0.15) is 33.7 Å². The van der Waals surface area contributed by atoms with Gasteiger partial charge >= 0.3 is 0 Å². The molecule has 1 fully saturated rings. The maximum atomic E-state index is 12.0. The van der Waals surface area contributed by atoms with Crippen molar-refractivity contribution in [3.8, 4) is 0 Å². The summed E-state index contributed by atoms with van der Waals surface area (Å²) in [5, 5.41) is 0. The minimum Gasteiger partial charge on any atom is -0.376 e. The third-order valence-electron chi connectivity index (χ3n) is 3.14. The summed E-state index contributed by atoms with van der Waals surface area (Å²) in [7, 11) is 0. The summed E-state index contributed by atoms with van der Waals surface area (Å²) < 4.78 is 5.44. The predicted molar refractivity (Wildman–Crippen MR) is 58.6 cm³/mol. The molecule has 1 aromatic heterocycles. The molecule has 0 aromatic carbocycles. The van der Waals surface area contributed by atoms with E-state index in [0.29, 0.717) is 18.7 Å². The third kappa shape index (κ3) is 1.63. The Hall–Kier alpha value is -1.75. The van der Waals surface area contributed by atoms with Gasteiger partial charge in [0.15, 0.2) is 0 Å². The zero-order chi connectivity index (χ0) is 11.8. The van der Waals surface area contributed by atoms with Crippen LogP contribution in [-0.2, 0) is 4.74 Å². The van der Waals surface area contributed by atoms with Crippen LogP contribution in [0.25, 0.3) is 0 Å². The lowest BCUT2D eigenvalue weighted by molar-refractivity contribution is 0.0474. The minimum atomic E-state index is -0.305. The topological polar surface area (TPSA) is 59.5 Å². The molecule has 1 aromatic rings. The van der Waals surface area contributed by atoms with Gasteiger partial charge in [0.1, 0.15) is 5.69 Å². The van der Waals surface area contributed by atoms with Crippen molar-refractivity contribution < 1.29 is 14.3 Å². The van der Waals surface area contributed by atoms with Gasteiger partial charge in [-0.1, -0.05) is 0 Å². The van der Waals surface area contributed by atoms with E-state index in [1.165, 1.54) is 11.1 Å². The van der Waals surface area contributed by atoms with Gasteiger partial charge in [0.25, 0.3) is 11.8 Å². The highest BCUT2D eigenvalue weighted by atomic mass is 16.5. The molecule has 2 amide bonds. The second kappa shape index (κ2) is 3.92. The Morgan fingerprint density at radius 1 is 1.41 bits per heavy atom. The molecule has 3 heterocycles. The SMILES string of the molecule is O=C1c2cccnc2C(=O)N1CC1CCCO1. The Labute approximate surface area is 98.4 Å². The number of imide groups is 1. The lowest BCUT2D eigenvalue weighted by Crippen LogP contribution is -2.36. The molecule has 1 unspecified atom stereocenters. The quantitative estimate of drug-likeness (QED) is 0.709. The van der Waals surface area contributed by atoms with Gasteiger partial charge in [-0.25, -0.2) is 0 Å².